The zero-order valence-corrected chi connectivity index (χ0v) is 22.2. The summed E-state index contributed by atoms with van der Waals surface area (Å²) in [5.74, 6) is 3.72. The Labute approximate surface area is 227 Å². The Balaban J connectivity index is 1.51. The molecule has 0 aromatic carbocycles. The number of carbonyl (C=O) groups excluding carboxylic acids is 2. The van der Waals surface area contributed by atoms with Gasteiger partial charge in [-0.25, -0.2) is 9.78 Å². The van der Waals surface area contributed by atoms with E-state index in [1.54, 1.807) is 6.92 Å². The summed E-state index contributed by atoms with van der Waals surface area (Å²) < 4.78 is 1.05. The van der Waals surface area contributed by atoms with Crippen LogP contribution in [0.2, 0.25) is 0 Å². The van der Waals surface area contributed by atoms with E-state index in [1.807, 2.05) is 0 Å². The topological polar surface area (TPSA) is 268 Å². The molecule has 0 bridgehead atoms. The van der Waals surface area contributed by atoms with Gasteiger partial charge in [-0.05, 0) is 24.3 Å². The number of aromatic nitrogens is 3. The predicted octanol–water partition coefficient (Wildman–Crippen LogP) is -1.86. The van der Waals surface area contributed by atoms with Crippen molar-refractivity contribution >= 4 is 80.8 Å². The molecule has 2 aliphatic rings. The number of β-lactam (4-membered cyclic amide) rings is 1. The molecule has 2 aromatic rings. The van der Waals surface area contributed by atoms with E-state index in [-0.39, 0.29) is 62.8 Å². The number of carboxylic acid groups (broad SMARTS) is 1. The van der Waals surface area contributed by atoms with Crippen LogP contribution < -0.4 is 38.8 Å². The van der Waals surface area contributed by atoms with Crippen LogP contribution in [0.1, 0.15) is 12.6 Å². The van der Waals surface area contributed by atoms with E-state index in [1.165, 1.54) is 17.1 Å². The minimum absolute atomic E-state index is 0.00890. The van der Waals surface area contributed by atoms with E-state index in [9.17, 15) is 19.5 Å². The summed E-state index contributed by atoms with van der Waals surface area (Å²) in [5, 5.41) is 17.7. The Hall–Kier alpha value is -3.97. The number of carbonyl (C=O) groups is 3. The number of thioether (sulfide) groups is 2. The van der Waals surface area contributed by atoms with Crippen LogP contribution in [0.3, 0.4) is 0 Å². The molecule has 4 rings (SSSR count). The van der Waals surface area contributed by atoms with Crippen LogP contribution in [0.5, 0.6) is 0 Å². The van der Waals surface area contributed by atoms with E-state index in [0.717, 1.165) is 32.7 Å². The Morgan fingerprint density at radius 3 is 2.71 bits per heavy atom. The molecule has 2 atom stereocenters. The highest BCUT2D eigenvalue weighted by Gasteiger charge is 2.54. The number of nitrogens with one attached hydrogen (secondary N) is 1. The number of carboxylic acids is 1. The van der Waals surface area contributed by atoms with Gasteiger partial charge < -0.3 is 38.2 Å². The van der Waals surface area contributed by atoms with Crippen molar-refractivity contribution < 1.29 is 29.0 Å². The third-order valence-electron chi connectivity index (χ3n) is 5.41. The summed E-state index contributed by atoms with van der Waals surface area (Å²) in [6.45, 7) is 1.89. The minimum Gasteiger partial charge on any atom is -0.477 e. The van der Waals surface area contributed by atoms with Gasteiger partial charge in [0, 0.05) is 16.9 Å². The molecule has 0 saturated carbocycles. The molecule has 1 saturated heterocycles. The summed E-state index contributed by atoms with van der Waals surface area (Å²) in [6, 6.07) is -0.983. The third kappa shape index (κ3) is 4.94. The van der Waals surface area contributed by atoms with Crippen molar-refractivity contribution in [2.24, 2.45) is 5.16 Å². The van der Waals surface area contributed by atoms with Gasteiger partial charge in [0.1, 0.15) is 29.4 Å². The molecule has 1 unspecified atom stereocenters. The molecule has 12 N–H and O–H groups in total. The van der Waals surface area contributed by atoms with E-state index in [2.05, 4.69) is 20.4 Å². The smallest absolute Gasteiger partial charge is 0.352 e. The summed E-state index contributed by atoms with van der Waals surface area (Å²) in [7, 11) is 0. The number of oxime groups is 1. The normalized spacial score (nSPS) is 19.1. The second-order valence-electron chi connectivity index (χ2n) is 7.78. The number of amides is 2. The highest BCUT2D eigenvalue weighted by molar-refractivity contribution is 8.01. The van der Waals surface area contributed by atoms with Gasteiger partial charge in [-0.1, -0.05) is 10.1 Å². The fraction of sp³-hybridized carbons (Fsp3) is 0.316. The van der Waals surface area contributed by atoms with Crippen LogP contribution in [-0.4, -0.2) is 73.0 Å². The number of hydrogen-bond acceptors (Lipinski definition) is 15. The van der Waals surface area contributed by atoms with Crippen molar-refractivity contribution in [1.82, 2.24) is 20.2 Å². The van der Waals surface area contributed by atoms with Crippen LogP contribution >= 0.6 is 34.9 Å². The number of thiazole rings is 1. The van der Waals surface area contributed by atoms with Crippen LogP contribution in [-0.2, 0) is 19.2 Å². The first-order chi connectivity index (χ1) is 18.0. The van der Waals surface area contributed by atoms with Gasteiger partial charge in [-0.2, -0.15) is 0 Å². The van der Waals surface area contributed by atoms with Gasteiger partial charge in [0.2, 0.25) is 5.82 Å². The minimum atomic E-state index is -1.29. The van der Waals surface area contributed by atoms with E-state index in [4.69, 9.17) is 33.6 Å². The molecule has 2 aliphatic heterocycles. The molecule has 19 heteroatoms. The van der Waals surface area contributed by atoms with Crippen LogP contribution in [0.25, 0.3) is 0 Å². The Morgan fingerprint density at radius 2 is 2.08 bits per heavy atom. The lowest BCUT2D eigenvalue weighted by molar-refractivity contribution is -0.667. The third-order valence-corrected chi connectivity index (χ3v) is 8.46. The monoisotopic (exact) mass is 582 g/mol. The van der Waals surface area contributed by atoms with Crippen molar-refractivity contribution in [3.8, 4) is 0 Å². The predicted molar refractivity (Wildman–Crippen MR) is 143 cm³/mol. The molecule has 4 heterocycles. The maximum Gasteiger partial charge on any atom is 0.352 e. The molecule has 202 valence electrons. The number of nitrogen functional groups attached to an aromatic ring is 5. The van der Waals surface area contributed by atoms with Gasteiger partial charge in [0.15, 0.2) is 16.5 Å². The lowest BCUT2D eigenvalue weighted by Crippen LogP contribution is -2.71. The largest absolute Gasteiger partial charge is 0.477 e. The molecule has 0 radical (unpaired) electrons. The molecule has 2 amide bonds. The summed E-state index contributed by atoms with van der Waals surface area (Å²) in [4.78, 5) is 52.5. The van der Waals surface area contributed by atoms with Crippen molar-refractivity contribution in [2.75, 3.05) is 46.9 Å². The molecule has 2 aromatic heterocycles. The Bertz CT molecular complexity index is 1380. The standard InChI is InChI=1S/C19H23N11O5S3/c1-2-35-28-9(7-5-37-18(23)25-7)14(31)26-10-15(32)29-11(17(33)34)6(3-36-16(10)29)4-38-19-27-12(21)8(20)13(22)30(19)24/h5,10,16H,2-4,24H2,1H3,(H9,20,21,22,23,25,26,28,31,33,34)/p+1/t10?,16-/m1/s1. The van der Waals surface area contributed by atoms with Gasteiger partial charge in [0.25, 0.3) is 17.6 Å². The first-order valence-corrected chi connectivity index (χ1v) is 13.7. The number of nitrogens with two attached hydrogens (primary N) is 5. The maximum atomic E-state index is 13.0. The highest BCUT2D eigenvalue weighted by Crippen LogP contribution is 2.41. The number of anilines is 4. The lowest BCUT2D eigenvalue weighted by atomic mass is 10.0. The number of hydrogen-bond donors (Lipinski definition) is 7. The van der Waals surface area contributed by atoms with Crippen molar-refractivity contribution in [3.05, 3.63) is 22.3 Å². The van der Waals surface area contributed by atoms with Gasteiger partial charge >= 0.3 is 11.1 Å². The number of nitrogens with zero attached hydrogens (tertiary/aromatic N) is 5. The lowest BCUT2D eigenvalue weighted by Gasteiger charge is -2.49. The highest BCUT2D eigenvalue weighted by atomic mass is 32.2. The Kier molecular flexibility index (Phi) is 7.69. The molecular formula is C19H24N11O5S3+. The second kappa shape index (κ2) is 10.8. The fourth-order valence-corrected chi connectivity index (χ4v) is 6.53. The van der Waals surface area contributed by atoms with Crippen molar-refractivity contribution in [1.29, 1.82) is 0 Å². The number of fused-ring (bicyclic) bond motifs is 1. The SMILES string of the molecule is CCO/N=C(\C(=O)NC1C(=O)N2C(C(=O)O)=C(CSc3nc(N)c(N)c(N)[n+]3N)CS[C@H]12)c1csc(N)n1. The average molecular weight is 583 g/mol. The van der Waals surface area contributed by atoms with E-state index in [0.29, 0.717) is 5.57 Å². The molecular weight excluding hydrogens is 558 g/mol. The summed E-state index contributed by atoms with van der Waals surface area (Å²) >= 11 is 3.50. The summed E-state index contributed by atoms with van der Waals surface area (Å²) in [5.41, 5.74) is 23.3. The fourth-order valence-electron chi connectivity index (χ4n) is 3.57. The average Bonchev–Trinajstić information content (AvgIpc) is 3.32. The van der Waals surface area contributed by atoms with Crippen molar-refractivity contribution in [3.63, 3.8) is 0 Å². The number of aliphatic carboxylic acids is 1. The zero-order valence-electron chi connectivity index (χ0n) is 19.8. The first kappa shape index (κ1) is 27.1. The zero-order chi connectivity index (χ0) is 27.7. The van der Waals surface area contributed by atoms with E-state index < -0.39 is 29.2 Å². The Morgan fingerprint density at radius 1 is 1.34 bits per heavy atom. The molecule has 0 spiro atoms. The second-order valence-corrected chi connectivity index (χ2v) is 10.7. The molecule has 38 heavy (non-hydrogen) atoms. The molecule has 16 nitrogen and oxygen atoms in total. The van der Waals surface area contributed by atoms with Gasteiger partial charge in [-0.15, -0.1) is 27.8 Å². The maximum absolute atomic E-state index is 13.0. The first-order valence-electron chi connectivity index (χ1n) is 10.8. The van der Waals surface area contributed by atoms with Crippen LogP contribution in [0, 0.1) is 0 Å². The quantitative estimate of drug-likeness (QED) is 0.0325. The molecule has 0 aliphatic carbocycles. The van der Waals surface area contributed by atoms with Gasteiger partial charge in [-0.3, -0.25) is 20.3 Å². The van der Waals surface area contributed by atoms with Crippen LogP contribution in [0.15, 0.2) is 27.0 Å². The number of rotatable bonds is 9. The van der Waals surface area contributed by atoms with E-state index >= 15 is 0 Å². The van der Waals surface area contributed by atoms with Crippen molar-refractivity contribution in [2.45, 2.75) is 23.5 Å². The van der Waals surface area contributed by atoms with Gasteiger partial charge in [0.05, 0.1) is 0 Å². The van der Waals surface area contributed by atoms with Crippen LogP contribution in [0.4, 0.5) is 22.5 Å². The summed E-state index contributed by atoms with van der Waals surface area (Å²) in [6.07, 6.45) is 0. The molecule has 1 fully saturated rings.